The number of carbonyl (C=O) groups excluding carboxylic acids is 2. The highest BCUT2D eigenvalue weighted by Gasteiger charge is 2.37. The van der Waals surface area contributed by atoms with Gasteiger partial charge in [-0.05, 0) is 36.8 Å². The van der Waals surface area contributed by atoms with Crippen molar-refractivity contribution >= 4 is 17.9 Å². The number of carboxylic acids is 1. The maximum absolute atomic E-state index is 13.1. The molecule has 0 spiro atoms. The molecule has 28 heavy (non-hydrogen) atoms. The molecule has 150 valence electrons. The van der Waals surface area contributed by atoms with Crippen LogP contribution in [0.15, 0.2) is 24.3 Å². The number of hydrogen-bond acceptors (Lipinski definition) is 3. The van der Waals surface area contributed by atoms with Crippen molar-refractivity contribution in [2.45, 2.75) is 38.1 Å². The van der Waals surface area contributed by atoms with Gasteiger partial charge in [0.15, 0.2) is 0 Å². The summed E-state index contributed by atoms with van der Waals surface area (Å²) in [5.74, 6) is -1.68. The fraction of sp³-hybridized carbons (Fsp3) is 0.571. The highest BCUT2D eigenvalue weighted by Crippen LogP contribution is 2.31. The zero-order valence-electron chi connectivity index (χ0n) is 16.0. The molecule has 1 aromatic carbocycles. The largest absolute Gasteiger partial charge is 0.481 e. The van der Waals surface area contributed by atoms with Crippen molar-refractivity contribution in [1.82, 2.24) is 14.7 Å². The molecule has 1 N–H and O–H groups in total. The molecule has 2 saturated heterocycles. The molecule has 2 fully saturated rings. The Balaban J connectivity index is 1.39. The van der Waals surface area contributed by atoms with Crippen LogP contribution in [0.1, 0.15) is 42.7 Å². The quantitative estimate of drug-likeness (QED) is 0.846. The number of rotatable bonds is 2. The van der Waals surface area contributed by atoms with Crippen LogP contribution in [-0.2, 0) is 16.1 Å². The van der Waals surface area contributed by atoms with Crippen LogP contribution in [0.25, 0.3) is 0 Å². The van der Waals surface area contributed by atoms with Crippen molar-refractivity contribution in [2.75, 3.05) is 32.7 Å². The van der Waals surface area contributed by atoms with Crippen LogP contribution >= 0.6 is 0 Å². The summed E-state index contributed by atoms with van der Waals surface area (Å²) in [5, 5.41) is 9.61. The monoisotopic (exact) mass is 385 g/mol. The number of piperidine rings is 1. The summed E-state index contributed by atoms with van der Waals surface area (Å²) in [5.41, 5.74) is 1.72. The van der Waals surface area contributed by atoms with Crippen molar-refractivity contribution < 1.29 is 19.5 Å². The Labute approximate surface area is 164 Å². The van der Waals surface area contributed by atoms with Gasteiger partial charge in [0.25, 0.3) is 0 Å². The van der Waals surface area contributed by atoms with E-state index in [4.69, 9.17) is 0 Å². The fourth-order valence-corrected chi connectivity index (χ4v) is 4.67. The first-order chi connectivity index (χ1) is 13.5. The molecule has 4 rings (SSSR count). The molecule has 3 amide bonds. The van der Waals surface area contributed by atoms with E-state index in [-0.39, 0.29) is 24.4 Å². The Morgan fingerprint density at radius 2 is 1.54 bits per heavy atom. The molecule has 0 saturated carbocycles. The van der Waals surface area contributed by atoms with Crippen LogP contribution in [-0.4, -0.2) is 70.4 Å². The van der Waals surface area contributed by atoms with E-state index in [1.807, 2.05) is 34.1 Å². The summed E-state index contributed by atoms with van der Waals surface area (Å²) in [7, 11) is 0. The molecule has 3 aliphatic heterocycles. The number of carbonyl (C=O) groups is 3. The summed E-state index contributed by atoms with van der Waals surface area (Å²) < 4.78 is 0. The van der Waals surface area contributed by atoms with Gasteiger partial charge >= 0.3 is 12.0 Å². The minimum absolute atomic E-state index is 0.0222. The Kier molecular flexibility index (Phi) is 5.24. The van der Waals surface area contributed by atoms with Gasteiger partial charge in [0, 0.05) is 45.2 Å². The molecule has 3 heterocycles. The molecular formula is C21H27N3O4. The van der Waals surface area contributed by atoms with Crippen LogP contribution in [0.5, 0.6) is 0 Å². The van der Waals surface area contributed by atoms with Crippen molar-refractivity contribution in [3.63, 3.8) is 0 Å². The first-order valence-electron chi connectivity index (χ1n) is 10.2. The average molecular weight is 385 g/mol. The number of nitrogens with zero attached hydrogens (tertiary/aromatic N) is 3. The molecule has 0 aromatic heterocycles. The lowest BCUT2D eigenvalue weighted by atomic mass is 9.88. The van der Waals surface area contributed by atoms with E-state index in [0.29, 0.717) is 32.5 Å². The van der Waals surface area contributed by atoms with Crippen molar-refractivity contribution in [2.24, 2.45) is 5.92 Å². The zero-order valence-corrected chi connectivity index (χ0v) is 16.0. The minimum Gasteiger partial charge on any atom is -0.481 e. The third kappa shape index (κ3) is 3.57. The number of carboxylic acid groups (broad SMARTS) is 1. The molecule has 0 radical (unpaired) electrons. The molecule has 7 nitrogen and oxygen atoms in total. The van der Waals surface area contributed by atoms with Gasteiger partial charge < -0.3 is 19.8 Å². The molecule has 0 aliphatic carbocycles. The Bertz CT molecular complexity index is 767. The number of benzene rings is 1. The molecule has 3 aliphatic rings. The third-order valence-electron chi connectivity index (χ3n) is 6.30. The summed E-state index contributed by atoms with van der Waals surface area (Å²) in [6.45, 7) is 3.55. The molecule has 0 bridgehead atoms. The SMILES string of the molecule is O=C(O)C1CN(C(=O)C2CCN(C(=O)N3CCCC3)CC2)Cc2ccccc21. The zero-order chi connectivity index (χ0) is 19.7. The van der Waals surface area contributed by atoms with Crippen LogP contribution in [0, 0.1) is 5.92 Å². The number of likely N-dealkylation sites (tertiary alicyclic amines) is 2. The second-order valence-corrected chi connectivity index (χ2v) is 8.05. The van der Waals surface area contributed by atoms with Gasteiger partial charge in [-0.2, -0.15) is 0 Å². The highest BCUT2D eigenvalue weighted by molar-refractivity contribution is 5.83. The van der Waals surface area contributed by atoms with Crippen LogP contribution < -0.4 is 0 Å². The molecule has 1 unspecified atom stereocenters. The van der Waals surface area contributed by atoms with Gasteiger partial charge in [0.1, 0.15) is 0 Å². The molecule has 7 heteroatoms. The number of hydrogen-bond donors (Lipinski definition) is 1. The van der Waals surface area contributed by atoms with Gasteiger partial charge in [0.2, 0.25) is 5.91 Å². The predicted octanol–water partition coefficient (Wildman–Crippen LogP) is 2.12. The second kappa shape index (κ2) is 7.81. The predicted molar refractivity (Wildman–Crippen MR) is 103 cm³/mol. The highest BCUT2D eigenvalue weighted by atomic mass is 16.4. The van der Waals surface area contributed by atoms with Crippen molar-refractivity contribution in [3.05, 3.63) is 35.4 Å². The summed E-state index contributed by atoms with van der Waals surface area (Å²) in [6, 6.07) is 7.58. The van der Waals surface area contributed by atoms with Gasteiger partial charge in [-0.3, -0.25) is 9.59 Å². The lowest BCUT2D eigenvalue weighted by molar-refractivity contribution is -0.143. The Morgan fingerprint density at radius 3 is 2.21 bits per heavy atom. The van der Waals surface area contributed by atoms with Gasteiger partial charge in [-0.1, -0.05) is 24.3 Å². The average Bonchev–Trinajstić information content (AvgIpc) is 3.26. The fourth-order valence-electron chi connectivity index (χ4n) is 4.67. The van der Waals surface area contributed by atoms with Crippen molar-refractivity contribution in [3.8, 4) is 0 Å². The van der Waals surface area contributed by atoms with E-state index >= 15 is 0 Å². The minimum atomic E-state index is -0.893. The van der Waals surface area contributed by atoms with Gasteiger partial charge in [-0.15, -0.1) is 0 Å². The Morgan fingerprint density at radius 1 is 0.893 bits per heavy atom. The first-order valence-corrected chi connectivity index (χ1v) is 10.2. The summed E-state index contributed by atoms with van der Waals surface area (Å²) in [6.07, 6.45) is 3.44. The molecule has 1 aromatic rings. The first kappa shape index (κ1) is 18.8. The van der Waals surface area contributed by atoms with Crippen LogP contribution in [0.2, 0.25) is 0 Å². The normalized spacial score (nSPS) is 22.9. The lowest BCUT2D eigenvalue weighted by Crippen LogP contribution is -2.49. The lowest BCUT2D eigenvalue weighted by Gasteiger charge is -2.38. The number of urea groups is 1. The van der Waals surface area contributed by atoms with E-state index in [9.17, 15) is 19.5 Å². The summed E-state index contributed by atoms with van der Waals surface area (Å²) in [4.78, 5) is 42.8. The van der Waals surface area contributed by atoms with Crippen LogP contribution in [0.4, 0.5) is 4.79 Å². The Hall–Kier alpha value is -2.57. The maximum Gasteiger partial charge on any atom is 0.319 e. The smallest absolute Gasteiger partial charge is 0.319 e. The van der Waals surface area contributed by atoms with E-state index in [2.05, 4.69) is 0 Å². The van der Waals surface area contributed by atoms with Crippen molar-refractivity contribution in [1.29, 1.82) is 0 Å². The number of fused-ring (bicyclic) bond motifs is 1. The maximum atomic E-state index is 13.1. The van der Waals surface area contributed by atoms with E-state index in [0.717, 1.165) is 37.1 Å². The molecule has 1 atom stereocenters. The molecular weight excluding hydrogens is 358 g/mol. The number of amides is 3. The standard InChI is InChI=1S/C21H27N3O4/c25-19(15-7-11-23(12-8-15)21(28)22-9-3-4-10-22)24-13-16-5-1-2-6-17(16)18(14-24)20(26)27/h1-2,5-6,15,18H,3-4,7-14H2,(H,26,27). The third-order valence-corrected chi connectivity index (χ3v) is 6.30. The van der Waals surface area contributed by atoms with E-state index in [1.54, 1.807) is 4.90 Å². The number of aliphatic carboxylic acids is 1. The topological polar surface area (TPSA) is 81.2 Å². The van der Waals surface area contributed by atoms with Gasteiger partial charge in [0.05, 0.1) is 5.92 Å². The van der Waals surface area contributed by atoms with E-state index < -0.39 is 11.9 Å². The second-order valence-electron chi connectivity index (χ2n) is 8.05. The van der Waals surface area contributed by atoms with Crippen LogP contribution in [0.3, 0.4) is 0 Å². The van der Waals surface area contributed by atoms with Gasteiger partial charge in [-0.25, -0.2) is 4.79 Å². The van der Waals surface area contributed by atoms with E-state index in [1.165, 1.54) is 0 Å². The summed E-state index contributed by atoms with van der Waals surface area (Å²) >= 11 is 0.